The van der Waals surface area contributed by atoms with Crippen molar-refractivity contribution in [1.29, 1.82) is 0 Å². The summed E-state index contributed by atoms with van der Waals surface area (Å²) >= 11 is 0. The van der Waals surface area contributed by atoms with Gasteiger partial charge in [-0.1, -0.05) is 6.92 Å². The minimum atomic E-state index is -0.634. The highest BCUT2D eigenvalue weighted by Crippen LogP contribution is 2.24. The molecule has 0 spiro atoms. The van der Waals surface area contributed by atoms with Crippen molar-refractivity contribution in [2.24, 2.45) is 11.7 Å². The molecule has 136 valence electrons. The summed E-state index contributed by atoms with van der Waals surface area (Å²) in [5.41, 5.74) is 8.07. The number of nitrogens with zero attached hydrogens (tertiary/aromatic N) is 1. The van der Waals surface area contributed by atoms with Crippen molar-refractivity contribution in [1.82, 2.24) is 0 Å². The van der Waals surface area contributed by atoms with Crippen LogP contribution in [0.15, 0.2) is 48.5 Å². The quantitative estimate of drug-likeness (QED) is 0.784. The lowest BCUT2D eigenvalue weighted by atomic mass is 9.99. The van der Waals surface area contributed by atoms with Crippen LogP contribution in [0.1, 0.15) is 30.1 Å². The Morgan fingerprint density at radius 1 is 0.923 bits per heavy atom. The van der Waals surface area contributed by atoms with E-state index in [-0.39, 0.29) is 5.91 Å². The SMILES string of the molecule is CC1CCN(c2ccc(NC(=O)c3ccc(NC(N)=O)cc3)cc2)CC1. The molecule has 1 aliphatic rings. The lowest BCUT2D eigenvalue weighted by Crippen LogP contribution is -2.32. The number of benzene rings is 2. The van der Waals surface area contributed by atoms with Crippen LogP contribution in [0.4, 0.5) is 21.9 Å². The van der Waals surface area contributed by atoms with Crippen LogP contribution in [-0.4, -0.2) is 25.0 Å². The standard InChI is InChI=1S/C20H24N4O2/c1-14-10-12-24(13-11-14)18-8-6-16(7-9-18)22-19(25)15-2-4-17(5-3-15)23-20(21)26/h2-9,14H,10-13H2,1H3,(H,22,25)(H3,21,23,26). The maximum absolute atomic E-state index is 12.3. The van der Waals surface area contributed by atoms with Gasteiger partial charge in [0.2, 0.25) is 0 Å². The number of piperidine rings is 1. The molecule has 1 saturated heterocycles. The van der Waals surface area contributed by atoms with E-state index in [1.165, 1.54) is 18.5 Å². The number of urea groups is 1. The number of nitrogens with two attached hydrogens (primary N) is 1. The molecule has 2 aromatic rings. The Labute approximate surface area is 153 Å². The average Bonchev–Trinajstić information content (AvgIpc) is 2.63. The maximum atomic E-state index is 12.3. The third-order valence-electron chi connectivity index (χ3n) is 4.69. The van der Waals surface area contributed by atoms with E-state index in [0.29, 0.717) is 11.3 Å². The molecule has 1 fully saturated rings. The van der Waals surface area contributed by atoms with Gasteiger partial charge in [0, 0.05) is 35.7 Å². The number of hydrogen-bond donors (Lipinski definition) is 3. The van der Waals surface area contributed by atoms with E-state index in [9.17, 15) is 9.59 Å². The van der Waals surface area contributed by atoms with E-state index >= 15 is 0 Å². The van der Waals surface area contributed by atoms with E-state index in [4.69, 9.17) is 5.73 Å². The second kappa shape index (κ2) is 7.91. The summed E-state index contributed by atoms with van der Waals surface area (Å²) in [5.74, 6) is 0.601. The Hall–Kier alpha value is -3.02. The number of amides is 3. The first-order chi connectivity index (χ1) is 12.5. The van der Waals surface area contributed by atoms with Gasteiger partial charge in [0.05, 0.1) is 0 Å². The molecule has 0 saturated carbocycles. The zero-order chi connectivity index (χ0) is 18.5. The van der Waals surface area contributed by atoms with Gasteiger partial charge in [-0.3, -0.25) is 4.79 Å². The first kappa shape index (κ1) is 17.8. The minimum absolute atomic E-state index is 0.199. The van der Waals surface area contributed by atoms with Crippen molar-refractivity contribution in [3.05, 3.63) is 54.1 Å². The molecule has 1 heterocycles. The molecule has 26 heavy (non-hydrogen) atoms. The summed E-state index contributed by atoms with van der Waals surface area (Å²) in [4.78, 5) is 25.5. The summed E-state index contributed by atoms with van der Waals surface area (Å²) in [6.45, 7) is 4.46. The van der Waals surface area contributed by atoms with E-state index in [1.807, 2.05) is 24.3 Å². The minimum Gasteiger partial charge on any atom is -0.372 e. The van der Waals surface area contributed by atoms with Crippen LogP contribution in [-0.2, 0) is 0 Å². The molecule has 4 N–H and O–H groups in total. The zero-order valence-corrected chi connectivity index (χ0v) is 14.9. The van der Waals surface area contributed by atoms with Crippen molar-refractivity contribution < 1.29 is 9.59 Å². The smallest absolute Gasteiger partial charge is 0.316 e. The van der Waals surface area contributed by atoms with Gasteiger partial charge >= 0.3 is 6.03 Å². The molecular weight excluding hydrogens is 328 g/mol. The highest BCUT2D eigenvalue weighted by Gasteiger charge is 2.16. The molecule has 0 aliphatic carbocycles. The number of anilines is 3. The highest BCUT2D eigenvalue weighted by atomic mass is 16.2. The van der Waals surface area contributed by atoms with Crippen molar-refractivity contribution >= 4 is 29.0 Å². The molecule has 1 aliphatic heterocycles. The summed E-state index contributed by atoms with van der Waals surface area (Å²) in [5, 5.41) is 5.35. The molecule has 2 aromatic carbocycles. The monoisotopic (exact) mass is 352 g/mol. The average molecular weight is 352 g/mol. The Morgan fingerprint density at radius 3 is 2.04 bits per heavy atom. The maximum Gasteiger partial charge on any atom is 0.316 e. The number of rotatable bonds is 4. The van der Waals surface area contributed by atoms with Gasteiger partial charge in [-0.25, -0.2) is 4.79 Å². The van der Waals surface area contributed by atoms with Crippen LogP contribution >= 0.6 is 0 Å². The van der Waals surface area contributed by atoms with Crippen LogP contribution in [0, 0.1) is 5.92 Å². The summed E-state index contributed by atoms with van der Waals surface area (Å²) in [7, 11) is 0. The van der Waals surface area contributed by atoms with Gasteiger partial charge in [0.1, 0.15) is 0 Å². The zero-order valence-electron chi connectivity index (χ0n) is 14.9. The van der Waals surface area contributed by atoms with Gasteiger partial charge in [0.15, 0.2) is 0 Å². The Bertz CT molecular complexity index is 763. The highest BCUT2D eigenvalue weighted by molar-refractivity contribution is 6.04. The number of nitrogens with one attached hydrogen (secondary N) is 2. The first-order valence-corrected chi connectivity index (χ1v) is 8.84. The first-order valence-electron chi connectivity index (χ1n) is 8.84. The molecule has 0 aromatic heterocycles. The Balaban J connectivity index is 1.59. The summed E-state index contributed by atoms with van der Waals surface area (Å²) in [6, 6.07) is 13.9. The third-order valence-corrected chi connectivity index (χ3v) is 4.69. The van der Waals surface area contributed by atoms with Crippen molar-refractivity contribution in [3.8, 4) is 0 Å². The van der Waals surface area contributed by atoms with Crippen molar-refractivity contribution in [2.75, 3.05) is 28.6 Å². The van der Waals surface area contributed by atoms with Gasteiger partial charge in [0.25, 0.3) is 5.91 Å². The lowest BCUT2D eigenvalue weighted by Gasteiger charge is -2.32. The van der Waals surface area contributed by atoms with Crippen LogP contribution in [0.3, 0.4) is 0 Å². The second-order valence-corrected chi connectivity index (χ2v) is 6.74. The fourth-order valence-electron chi connectivity index (χ4n) is 3.07. The van der Waals surface area contributed by atoms with Gasteiger partial charge in [-0.15, -0.1) is 0 Å². The number of hydrogen-bond acceptors (Lipinski definition) is 3. The van der Waals surface area contributed by atoms with E-state index in [1.54, 1.807) is 24.3 Å². The fourth-order valence-corrected chi connectivity index (χ4v) is 3.07. The predicted molar refractivity (Wildman–Crippen MR) is 105 cm³/mol. The molecule has 3 rings (SSSR count). The fraction of sp³-hybridized carbons (Fsp3) is 0.300. The van der Waals surface area contributed by atoms with E-state index in [0.717, 1.165) is 24.7 Å². The second-order valence-electron chi connectivity index (χ2n) is 6.74. The number of carbonyl (C=O) groups excluding carboxylic acids is 2. The van der Waals surface area contributed by atoms with Crippen molar-refractivity contribution in [3.63, 3.8) is 0 Å². The topological polar surface area (TPSA) is 87.5 Å². The third kappa shape index (κ3) is 4.53. The molecule has 3 amide bonds. The largest absolute Gasteiger partial charge is 0.372 e. The van der Waals surface area contributed by atoms with Crippen LogP contribution in [0.25, 0.3) is 0 Å². The summed E-state index contributed by atoms with van der Waals surface area (Å²) in [6.07, 6.45) is 2.44. The van der Waals surface area contributed by atoms with Crippen LogP contribution < -0.4 is 21.3 Å². The molecule has 6 nitrogen and oxygen atoms in total. The number of carbonyl (C=O) groups is 2. The van der Waals surface area contributed by atoms with Crippen molar-refractivity contribution in [2.45, 2.75) is 19.8 Å². The molecule has 0 unspecified atom stereocenters. The van der Waals surface area contributed by atoms with Gasteiger partial charge in [-0.05, 0) is 67.3 Å². The molecule has 0 atom stereocenters. The lowest BCUT2D eigenvalue weighted by molar-refractivity contribution is 0.102. The number of primary amides is 1. The van der Waals surface area contributed by atoms with Crippen LogP contribution in [0.2, 0.25) is 0 Å². The summed E-state index contributed by atoms with van der Waals surface area (Å²) < 4.78 is 0. The Morgan fingerprint density at radius 2 is 1.46 bits per heavy atom. The van der Waals surface area contributed by atoms with Gasteiger partial charge in [-0.2, -0.15) is 0 Å². The molecule has 0 radical (unpaired) electrons. The normalized spacial score (nSPS) is 14.7. The van der Waals surface area contributed by atoms with E-state index < -0.39 is 6.03 Å². The molecule has 6 heteroatoms. The van der Waals surface area contributed by atoms with Crippen LogP contribution in [0.5, 0.6) is 0 Å². The molecule has 0 bridgehead atoms. The molecular formula is C20H24N4O2. The Kier molecular flexibility index (Phi) is 5.41. The van der Waals surface area contributed by atoms with E-state index in [2.05, 4.69) is 22.5 Å². The van der Waals surface area contributed by atoms with Gasteiger partial charge < -0.3 is 21.3 Å². The predicted octanol–water partition coefficient (Wildman–Crippen LogP) is 3.67.